The van der Waals surface area contributed by atoms with Gasteiger partial charge in [-0.1, -0.05) is 6.07 Å². The average Bonchev–Trinajstić information content (AvgIpc) is 2.71. The lowest BCUT2D eigenvalue weighted by atomic mass is 10.2. The fraction of sp³-hybridized carbons (Fsp3) is 0.300. The molecule has 0 saturated heterocycles. The van der Waals surface area contributed by atoms with Gasteiger partial charge in [0.25, 0.3) is 0 Å². The summed E-state index contributed by atoms with van der Waals surface area (Å²) in [6.07, 6.45) is 1.73. The zero-order chi connectivity index (χ0) is 9.97. The smallest absolute Gasteiger partial charge is 0.182 e. The van der Waals surface area contributed by atoms with Crippen LogP contribution in [0.2, 0.25) is 0 Å². The molecule has 0 atom stereocenters. The van der Waals surface area contributed by atoms with E-state index in [1.165, 1.54) is 7.11 Å². The molecule has 14 heavy (non-hydrogen) atoms. The molecule has 4 nitrogen and oxygen atoms in total. The van der Waals surface area contributed by atoms with E-state index in [-0.39, 0.29) is 5.75 Å². The van der Waals surface area contributed by atoms with Crippen LogP contribution in [0.15, 0.2) is 23.2 Å². The average molecular weight is 192 g/mol. The number of ether oxygens (including phenoxy) is 1. The van der Waals surface area contributed by atoms with E-state index in [2.05, 4.69) is 4.99 Å². The second-order valence-corrected chi connectivity index (χ2v) is 3.04. The Labute approximate surface area is 82.4 Å². The van der Waals surface area contributed by atoms with E-state index in [4.69, 9.17) is 4.74 Å². The zero-order valence-corrected chi connectivity index (χ0v) is 7.97. The molecule has 74 valence electrons. The van der Waals surface area contributed by atoms with Crippen molar-refractivity contribution in [2.24, 2.45) is 4.99 Å². The van der Waals surface area contributed by atoms with Gasteiger partial charge in [0.05, 0.1) is 25.7 Å². The number of hydrogen-bond donors (Lipinski definition) is 1. The van der Waals surface area contributed by atoms with Crippen molar-refractivity contribution in [1.29, 1.82) is 0 Å². The third-order valence-electron chi connectivity index (χ3n) is 2.20. The Kier molecular flexibility index (Phi) is 2.26. The topological polar surface area (TPSA) is 45.1 Å². The first-order valence-electron chi connectivity index (χ1n) is 4.45. The molecular formula is C10H12N2O2. The lowest BCUT2D eigenvalue weighted by molar-refractivity contribution is 0.374. The second kappa shape index (κ2) is 3.57. The molecule has 1 aromatic rings. The molecule has 1 aliphatic rings. The number of phenolic OH excluding ortho intramolecular Hbond substituents is 1. The fourth-order valence-electron chi connectivity index (χ4n) is 1.47. The summed E-state index contributed by atoms with van der Waals surface area (Å²) in [6.45, 7) is 1.58. The summed E-state index contributed by atoms with van der Waals surface area (Å²) in [6, 6.07) is 5.42. The predicted octanol–water partition coefficient (Wildman–Crippen LogP) is 1.25. The van der Waals surface area contributed by atoms with Crippen LogP contribution in [-0.2, 0) is 0 Å². The van der Waals surface area contributed by atoms with E-state index in [0.717, 1.165) is 18.8 Å². The molecule has 1 heterocycles. The molecule has 0 aliphatic carbocycles. The third-order valence-corrected chi connectivity index (χ3v) is 2.20. The molecule has 0 saturated carbocycles. The van der Waals surface area contributed by atoms with Crippen molar-refractivity contribution in [1.82, 2.24) is 0 Å². The summed E-state index contributed by atoms with van der Waals surface area (Å²) in [7, 11) is 1.54. The monoisotopic (exact) mass is 192 g/mol. The molecule has 0 unspecified atom stereocenters. The number of aliphatic imine (C=N–C) groups is 1. The quantitative estimate of drug-likeness (QED) is 0.767. The van der Waals surface area contributed by atoms with Gasteiger partial charge in [-0.2, -0.15) is 0 Å². The summed E-state index contributed by atoms with van der Waals surface area (Å²) in [5.74, 6) is 0.658. The lowest BCUT2D eigenvalue weighted by Gasteiger charge is -2.16. The van der Waals surface area contributed by atoms with Crippen LogP contribution in [0, 0.1) is 0 Å². The summed E-state index contributed by atoms with van der Waals surface area (Å²) >= 11 is 0. The molecule has 0 radical (unpaired) electrons. The summed E-state index contributed by atoms with van der Waals surface area (Å²) < 4.78 is 5.02. The van der Waals surface area contributed by atoms with E-state index in [9.17, 15) is 5.11 Å². The van der Waals surface area contributed by atoms with Crippen molar-refractivity contribution in [3.05, 3.63) is 18.2 Å². The first-order chi connectivity index (χ1) is 6.83. The van der Waals surface area contributed by atoms with Gasteiger partial charge in [0.2, 0.25) is 0 Å². The minimum Gasteiger partial charge on any atom is -0.503 e. The van der Waals surface area contributed by atoms with Gasteiger partial charge in [-0.15, -0.1) is 0 Å². The number of rotatable bonds is 2. The van der Waals surface area contributed by atoms with E-state index in [1.807, 2.05) is 17.0 Å². The van der Waals surface area contributed by atoms with Gasteiger partial charge in [0.1, 0.15) is 0 Å². The van der Waals surface area contributed by atoms with Gasteiger partial charge in [0.15, 0.2) is 11.5 Å². The Morgan fingerprint density at radius 2 is 2.36 bits per heavy atom. The number of hydrogen-bond acceptors (Lipinski definition) is 4. The number of methoxy groups -OCH3 is 1. The lowest BCUT2D eigenvalue weighted by Crippen LogP contribution is -2.18. The first-order valence-corrected chi connectivity index (χ1v) is 4.45. The molecule has 1 aliphatic heterocycles. The number of aromatic hydroxyl groups is 1. The minimum absolute atomic E-state index is 0.170. The van der Waals surface area contributed by atoms with Crippen molar-refractivity contribution in [3.63, 3.8) is 0 Å². The van der Waals surface area contributed by atoms with Gasteiger partial charge < -0.3 is 14.7 Å². The Bertz CT molecular complexity index is 363. The molecule has 0 amide bonds. The van der Waals surface area contributed by atoms with E-state index in [1.54, 1.807) is 12.4 Å². The summed E-state index contributed by atoms with van der Waals surface area (Å²) in [5, 5.41) is 9.82. The van der Waals surface area contributed by atoms with Crippen LogP contribution in [0.5, 0.6) is 11.5 Å². The van der Waals surface area contributed by atoms with Gasteiger partial charge in [0, 0.05) is 6.54 Å². The Morgan fingerprint density at radius 3 is 3.00 bits per heavy atom. The number of anilines is 1. The SMILES string of the molecule is COc1cccc(N2C=NCC2)c1O. The van der Waals surface area contributed by atoms with Crippen LogP contribution in [0.1, 0.15) is 0 Å². The Balaban J connectivity index is 2.37. The summed E-state index contributed by atoms with van der Waals surface area (Å²) in [4.78, 5) is 5.99. The number of phenols is 1. The van der Waals surface area contributed by atoms with E-state index < -0.39 is 0 Å². The number of nitrogens with zero attached hydrogens (tertiary/aromatic N) is 2. The standard InChI is InChI=1S/C10H12N2O2/c1-14-9-4-2-3-8(10(9)13)12-6-5-11-7-12/h2-4,7,13H,5-6H2,1H3. The molecule has 0 aromatic heterocycles. The third kappa shape index (κ3) is 1.39. The molecule has 4 heteroatoms. The molecule has 0 spiro atoms. The Hall–Kier alpha value is -1.71. The number of benzene rings is 1. The summed E-state index contributed by atoms with van der Waals surface area (Å²) in [5.41, 5.74) is 0.741. The molecule has 2 rings (SSSR count). The largest absolute Gasteiger partial charge is 0.503 e. The van der Waals surface area contributed by atoms with Crippen molar-refractivity contribution in [3.8, 4) is 11.5 Å². The maximum Gasteiger partial charge on any atom is 0.182 e. The van der Waals surface area contributed by atoms with Crippen molar-refractivity contribution in [2.45, 2.75) is 0 Å². The highest BCUT2D eigenvalue weighted by Crippen LogP contribution is 2.35. The molecular weight excluding hydrogens is 180 g/mol. The van der Waals surface area contributed by atoms with Crippen LogP contribution in [0.3, 0.4) is 0 Å². The normalized spacial score (nSPS) is 14.8. The maximum absolute atomic E-state index is 9.82. The van der Waals surface area contributed by atoms with Crippen LogP contribution in [0.4, 0.5) is 5.69 Å². The van der Waals surface area contributed by atoms with Crippen LogP contribution < -0.4 is 9.64 Å². The van der Waals surface area contributed by atoms with Crippen LogP contribution >= 0.6 is 0 Å². The maximum atomic E-state index is 9.82. The van der Waals surface area contributed by atoms with Gasteiger partial charge in [-0.3, -0.25) is 4.99 Å². The molecule has 1 aromatic carbocycles. The number of para-hydroxylation sites is 1. The molecule has 0 fully saturated rings. The van der Waals surface area contributed by atoms with Gasteiger partial charge >= 0.3 is 0 Å². The van der Waals surface area contributed by atoms with Gasteiger partial charge in [-0.05, 0) is 12.1 Å². The van der Waals surface area contributed by atoms with E-state index >= 15 is 0 Å². The minimum atomic E-state index is 0.170. The molecule has 0 bridgehead atoms. The van der Waals surface area contributed by atoms with Crippen LogP contribution in [-0.4, -0.2) is 31.6 Å². The highest BCUT2D eigenvalue weighted by Gasteiger charge is 2.14. The first kappa shape index (κ1) is 8.87. The van der Waals surface area contributed by atoms with Gasteiger partial charge in [-0.25, -0.2) is 0 Å². The highest BCUT2D eigenvalue weighted by atomic mass is 16.5. The van der Waals surface area contributed by atoms with Crippen LogP contribution in [0.25, 0.3) is 0 Å². The van der Waals surface area contributed by atoms with Crippen molar-refractivity contribution >= 4 is 12.0 Å². The highest BCUT2D eigenvalue weighted by molar-refractivity contribution is 5.84. The van der Waals surface area contributed by atoms with Crippen molar-refractivity contribution < 1.29 is 9.84 Å². The fourth-order valence-corrected chi connectivity index (χ4v) is 1.47. The Morgan fingerprint density at radius 1 is 1.50 bits per heavy atom. The predicted molar refractivity (Wildman–Crippen MR) is 55.4 cm³/mol. The van der Waals surface area contributed by atoms with E-state index in [0.29, 0.717) is 5.75 Å². The second-order valence-electron chi connectivity index (χ2n) is 3.04. The zero-order valence-electron chi connectivity index (χ0n) is 7.97. The van der Waals surface area contributed by atoms with Crippen molar-refractivity contribution in [2.75, 3.05) is 25.1 Å². The molecule has 1 N–H and O–H groups in total.